The molecule has 1 aromatic carbocycles. The molecule has 0 amide bonds. The molecular formula is C26H30F3N3O3S. The van der Waals surface area contributed by atoms with E-state index in [1.807, 2.05) is 0 Å². The fourth-order valence-electron chi connectivity index (χ4n) is 3.49. The fourth-order valence-corrected chi connectivity index (χ4v) is 4.21. The predicted molar refractivity (Wildman–Crippen MR) is 135 cm³/mol. The number of nitrogens with zero attached hydrogens (tertiary/aromatic N) is 2. The highest BCUT2D eigenvalue weighted by atomic mass is 32.1. The van der Waals surface area contributed by atoms with Crippen molar-refractivity contribution in [3.8, 4) is 17.1 Å². The average Bonchev–Trinajstić information content (AvgIpc) is 3.32. The molecule has 0 aliphatic heterocycles. The summed E-state index contributed by atoms with van der Waals surface area (Å²) in [5.74, 6) is -0.715. The average molecular weight is 522 g/mol. The van der Waals surface area contributed by atoms with E-state index in [1.54, 1.807) is 30.5 Å². The summed E-state index contributed by atoms with van der Waals surface area (Å²) in [6.07, 6.45) is 1.61. The second-order valence-corrected chi connectivity index (χ2v) is 8.97. The number of unbranched alkanes of at least 4 members (excludes halogenated alkanes) is 5. The van der Waals surface area contributed by atoms with E-state index < -0.39 is 17.7 Å². The smallest absolute Gasteiger partial charge is 0.420 e. The van der Waals surface area contributed by atoms with Crippen molar-refractivity contribution in [1.82, 2.24) is 9.97 Å². The lowest BCUT2D eigenvalue weighted by Gasteiger charge is -2.15. The van der Waals surface area contributed by atoms with Crippen molar-refractivity contribution < 1.29 is 27.4 Å². The summed E-state index contributed by atoms with van der Waals surface area (Å²) in [6.45, 7) is 4.32. The van der Waals surface area contributed by atoms with Gasteiger partial charge < -0.3 is 14.8 Å². The van der Waals surface area contributed by atoms with Gasteiger partial charge in [-0.1, -0.05) is 45.1 Å². The van der Waals surface area contributed by atoms with Gasteiger partial charge in [-0.2, -0.15) is 13.2 Å². The van der Waals surface area contributed by atoms with Gasteiger partial charge in [-0.3, -0.25) is 0 Å². The molecule has 0 atom stereocenters. The highest BCUT2D eigenvalue weighted by molar-refractivity contribution is 7.14. The number of carbonyl (C=O) groups is 1. The summed E-state index contributed by atoms with van der Waals surface area (Å²) in [7, 11) is 0. The molecular weight excluding hydrogens is 491 g/mol. The van der Waals surface area contributed by atoms with Gasteiger partial charge in [-0.25, -0.2) is 14.8 Å². The second kappa shape index (κ2) is 13.2. The third-order valence-electron chi connectivity index (χ3n) is 5.29. The van der Waals surface area contributed by atoms with Gasteiger partial charge in [0.2, 0.25) is 0 Å². The predicted octanol–water partition coefficient (Wildman–Crippen LogP) is 7.88. The van der Waals surface area contributed by atoms with E-state index in [-0.39, 0.29) is 30.3 Å². The van der Waals surface area contributed by atoms with Gasteiger partial charge in [-0.15, -0.1) is 11.3 Å². The van der Waals surface area contributed by atoms with E-state index in [0.717, 1.165) is 31.7 Å². The van der Waals surface area contributed by atoms with Crippen molar-refractivity contribution in [3.63, 3.8) is 0 Å². The first-order chi connectivity index (χ1) is 17.3. The minimum atomic E-state index is -4.56. The first-order valence-electron chi connectivity index (χ1n) is 12.0. The Morgan fingerprint density at radius 1 is 1.00 bits per heavy atom. The third-order valence-corrected chi connectivity index (χ3v) is 6.05. The van der Waals surface area contributed by atoms with E-state index >= 15 is 0 Å². The molecule has 0 bridgehead atoms. The number of hydrogen-bond donors (Lipinski definition) is 1. The van der Waals surface area contributed by atoms with Crippen LogP contribution in [0.3, 0.4) is 0 Å². The molecule has 194 valence electrons. The van der Waals surface area contributed by atoms with Gasteiger partial charge in [0, 0.05) is 11.1 Å². The van der Waals surface area contributed by atoms with Crippen molar-refractivity contribution in [1.29, 1.82) is 0 Å². The minimum Gasteiger partial charge on any atom is -0.493 e. The Morgan fingerprint density at radius 3 is 2.53 bits per heavy atom. The van der Waals surface area contributed by atoms with E-state index in [9.17, 15) is 18.0 Å². The number of nitrogens with one attached hydrogen (secondary N) is 1. The maximum Gasteiger partial charge on any atom is 0.420 e. The summed E-state index contributed by atoms with van der Waals surface area (Å²) in [5, 5.41) is 5.02. The van der Waals surface area contributed by atoms with Crippen LogP contribution in [-0.4, -0.2) is 29.2 Å². The number of ether oxygens (including phenoxy) is 2. The molecule has 0 saturated carbocycles. The van der Waals surface area contributed by atoms with Crippen LogP contribution in [-0.2, 0) is 10.9 Å². The number of esters is 1. The summed E-state index contributed by atoms with van der Waals surface area (Å²) in [5.41, 5.74) is 0.508. The zero-order valence-electron chi connectivity index (χ0n) is 20.4. The molecule has 0 spiro atoms. The number of alkyl halides is 3. The van der Waals surface area contributed by atoms with Crippen LogP contribution in [0.4, 0.5) is 24.0 Å². The summed E-state index contributed by atoms with van der Waals surface area (Å²) >= 11 is 1.22. The van der Waals surface area contributed by atoms with Crippen molar-refractivity contribution in [2.24, 2.45) is 0 Å². The van der Waals surface area contributed by atoms with Gasteiger partial charge in [0.05, 0.1) is 24.5 Å². The quantitative estimate of drug-likeness (QED) is 0.182. The lowest BCUT2D eigenvalue weighted by atomic mass is 10.1. The molecule has 2 heterocycles. The van der Waals surface area contributed by atoms with Crippen LogP contribution in [0.2, 0.25) is 0 Å². The first kappa shape index (κ1) is 27.4. The summed E-state index contributed by atoms with van der Waals surface area (Å²) in [6, 6.07) is 8.80. The highest BCUT2D eigenvalue weighted by Crippen LogP contribution is 2.39. The van der Waals surface area contributed by atoms with E-state index in [2.05, 4.69) is 22.2 Å². The SMILES string of the molecule is CCCCCCCCOc1ccc(Nc2nc(-c3cccc(C(=O)OCC)n3)cs2)cc1C(F)(F)F. The van der Waals surface area contributed by atoms with E-state index in [4.69, 9.17) is 9.47 Å². The zero-order valence-corrected chi connectivity index (χ0v) is 21.2. The second-order valence-electron chi connectivity index (χ2n) is 8.12. The summed E-state index contributed by atoms with van der Waals surface area (Å²) < 4.78 is 51.5. The van der Waals surface area contributed by atoms with Gasteiger partial charge in [0.25, 0.3) is 0 Å². The molecule has 3 rings (SSSR count). The Balaban J connectivity index is 1.67. The maximum absolute atomic E-state index is 13.7. The molecule has 36 heavy (non-hydrogen) atoms. The molecule has 2 aromatic heterocycles. The Kier molecular flexibility index (Phi) is 10.1. The van der Waals surface area contributed by atoms with Crippen LogP contribution in [0.1, 0.15) is 68.4 Å². The van der Waals surface area contributed by atoms with Crippen molar-refractivity contribution in [2.75, 3.05) is 18.5 Å². The Morgan fingerprint density at radius 2 is 1.78 bits per heavy atom. The number of anilines is 2. The molecule has 1 N–H and O–H groups in total. The van der Waals surface area contributed by atoms with Gasteiger partial charge in [0.15, 0.2) is 5.13 Å². The van der Waals surface area contributed by atoms with E-state index in [1.165, 1.54) is 29.9 Å². The van der Waals surface area contributed by atoms with Crippen LogP contribution in [0.5, 0.6) is 5.75 Å². The molecule has 3 aromatic rings. The molecule has 0 aliphatic carbocycles. The molecule has 0 saturated heterocycles. The molecule has 10 heteroatoms. The number of pyridine rings is 1. The zero-order chi connectivity index (χ0) is 26.0. The fraction of sp³-hybridized carbons (Fsp3) is 0.423. The van der Waals surface area contributed by atoms with E-state index in [0.29, 0.717) is 22.9 Å². The van der Waals surface area contributed by atoms with Gasteiger partial charge >= 0.3 is 12.1 Å². The standard InChI is InChI=1S/C26H30F3N3O3S/c1-3-5-6-7-8-9-15-35-23-14-13-18(16-19(23)26(27,28)29)30-25-32-22(17-36-25)20-11-10-12-21(31-20)24(33)34-4-2/h10-14,16-17H,3-9,15H2,1-2H3,(H,30,32). The number of thiazole rings is 1. The number of aromatic nitrogens is 2. The van der Waals surface area contributed by atoms with Gasteiger partial charge in [0.1, 0.15) is 17.1 Å². The lowest BCUT2D eigenvalue weighted by molar-refractivity contribution is -0.138. The van der Waals surface area contributed by atoms with Crippen LogP contribution in [0.15, 0.2) is 41.8 Å². The summed E-state index contributed by atoms with van der Waals surface area (Å²) in [4.78, 5) is 20.6. The molecule has 0 unspecified atom stereocenters. The van der Waals surface area contributed by atoms with Crippen molar-refractivity contribution in [3.05, 3.63) is 53.0 Å². The highest BCUT2D eigenvalue weighted by Gasteiger charge is 2.34. The molecule has 0 fully saturated rings. The van der Waals surface area contributed by atoms with Crippen molar-refractivity contribution >= 4 is 28.1 Å². The lowest BCUT2D eigenvalue weighted by Crippen LogP contribution is -2.10. The molecule has 0 aliphatic rings. The van der Waals surface area contributed by atoms with Crippen LogP contribution in [0.25, 0.3) is 11.4 Å². The normalized spacial score (nSPS) is 11.4. The first-order valence-corrected chi connectivity index (χ1v) is 12.9. The monoisotopic (exact) mass is 521 g/mol. The topological polar surface area (TPSA) is 73.3 Å². The maximum atomic E-state index is 13.7. The number of carbonyl (C=O) groups excluding carboxylic acids is 1. The Labute approximate surface area is 212 Å². The Bertz CT molecular complexity index is 1130. The number of hydrogen-bond acceptors (Lipinski definition) is 7. The Hall–Kier alpha value is -3.14. The molecule has 0 radical (unpaired) electrons. The number of halogens is 3. The van der Waals surface area contributed by atoms with Crippen LogP contribution >= 0.6 is 11.3 Å². The van der Waals surface area contributed by atoms with Crippen molar-refractivity contribution in [2.45, 2.75) is 58.5 Å². The largest absolute Gasteiger partial charge is 0.493 e. The third kappa shape index (κ3) is 7.94. The van der Waals surface area contributed by atoms with Crippen LogP contribution in [0, 0.1) is 0 Å². The number of rotatable bonds is 13. The van der Waals surface area contributed by atoms with Gasteiger partial charge in [-0.05, 0) is 43.7 Å². The molecule has 6 nitrogen and oxygen atoms in total. The number of benzene rings is 1. The minimum absolute atomic E-state index is 0.156. The van der Waals surface area contributed by atoms with Crippen LogP contribution < -0.4 is 10.1 Å².